The van der Waals surface area contributed by atoms with Gasteiger partial charge in [0, 0.05) is 24.0 Å². The van der Waals surface area contributed by atoms with E-state index in [4.69, 9.17) is 0 Å². The summed E-state index contributed by atoms with van der Waals surface area (Å²) in [4.78, 5) is 23.4. The molecule has 0 saturated heterocycles. The Morgan fingerprint density at radius 3 is 2.45 bits per heavy atom. The van der Waals surface area contributed by atoms with E-state index < -0.39 is 0 Å². The van der Waals surface area contributed by atoms with Crippen LogP contribution < -0.4 is 16.0 Å². The van der Waals surface area contributed by atoms with E-state index in [-0.39, 0.29) is 24.2 Å². The average Bonchev–Trinajstić information content (AvgIpc) is 2.54. The maximum Gasteiger partial charge on any atom is 0.251 e. The molecule has 0 radical (unpaired) electrons. The Balaban J connectivity index is 1.91. The lowest BCUT2D eigenvalue weighted by molar-refractivity contribution is -0.114. The number of rotatable bonds is 5. The predicted molar refractivity (Wildman–Crippen MR) is 83.4 cm³/mol. The Hall–Kier alpha value is -2.89. The fourth-order valence-corrected chi connectivity index (χ4v) is 1.84. The number of carbonyl (C=O) groups excluding carboxylic acids is 2. The van der Waals surface area contributed by atoms with Crippen molar-refractivity contribution in [3.8, 4) is 0 Å². The molecule has 0 aliphatic rings. The molecule has 0 spiro atoms. The van der Waals surface area contributed by atoms with Crippen molar-refractivity contribution in [3.63, 3.8) is 0 Å². The first kappa shape index (κ1) is 15.5. The molecular formula is C16H16FN3O2. The molecule has 6 heteroatoms. The van der Waals surface area contributed by atoms with Crippen LogP contribution in [-0.4, -0.2) is 25.4 Å². The van der Waals surface area contributed by atoms with Crippen molar-refractivity contribution in [3.05, 3.63) is 59.9 Å². The van der Waals surface area contributed by atoms with Gasteiger partial charge in [-0.05, 0) is 42.5 Å². The molecule has 0 unspecified atom stereocenters. The van der Waals surface area contributed by atoms with Gasteiger partial charge in [-0.15, -0.1) is 0 Å². The number of benzene rings is 2. The van der Waals surface area contributed by atoms with Crippen LogP contribution in [0.3, 0.4) is 0 Å². The monoisotopic (exact) mass is 301 g/mol. The first-order chi connectivity index (χ1) is 10.6. The summed E-state index contributed by atoms with van der Waals surface area (Å²) in [5.74, 6) is -0.820. The number of amides is 2. The molecule has 0 heterocycles. The van der Waals surface area contributed by atoms with Crippen LogP contribution in [0.2, 0.25) is 0 Å². The number of halogens is 1. The van der Waals surface area contributed by atoms with E-state index in [0.29, 0.717) is 16.9 Å². The molecular weight excluding hydrogens is 285 g/mol. The third-order valence-electron chi connectivity index (χ3n) is 2.93. The molecule has 0 bridgehead atoms. The Kier molecular flexibility index (Phi) is 5.08. The van der Waals surface area contributed by atoms with Gasteiger partial charge in [0.25, 0.3) is 5.91 Å². The van der Waals surface area contributed by atoms with Gasteiger partial charge in [-0.1, -0.05) is 6.07 Å². The van der Waals surface area contributed by atoms with Crippen molar-refractivity contribution in [2.24, 2.45) is 0 Å². The second kappa shape index (κ2) is 7.21. The Morgan fingerprint density at radius 1 is 1.05 bits per heavy atom. The van der Waals surface area contributed by atoms with Gasteiger partial charge < -0.3 is 16.0 Å². The third-order valence-corrected chi connectivity index (χ3v) is 2.93. The molecule has 0 aromatic heterocycles. The van der Waals surface area contributed by atoms with Crippen LogP contribution in [0.1, 0.15) is 10.4 Å². The highest BCUT2D eigenvalue weighted by Crippen LogP contribution is 2.11. The molecule has 3 N–H and O–H groups in total. The minimum absolute atomic E-state index is 0.0375. The first-order valence-corrected chi connectivity index (χ1v) is 6.70. The molecule has 0 fully saturated rings. The van der Waals surface area contributed by atoms with E-state index in [0.717, 1.165) is 0 Å². The highest BCUT2D eigenvalue weighted by Gasteiger charge is 2.06. The molecule has 0 aliphatic heterocycles. The molecule has 0 aliphatic carbocycles. The fourth-order valence-electron chi connectivity index (χ4n) is 1.84. The van der Waals surface area contributed by atoms with Crippen LogP contribution in [0.4, 0.5) is 15.8 Å². The summed E-state index contributed by atoms with van der Waals surface area (Å²) in [6.45, 7) is 0.0375. The first-order valence-electron chi connectivity index (χ1n) is 6.70. The van der Waals surface area contributed by atoms with Crippen molar-refractivity contribution < 1.29 is 14.0 Å². The third kappa shape index (κ3) is 4.31. The summed E-state index contributed by atoms with van der Waals surface area (Å²) in [6, 6.07) is 12.4. The summed E-state index contributed by atoms with van der Waals surface area (Å²) in [6.07, 6.45) is 0. The van der Waals surface area contributed by atoms with Gasteiger partial charge in [-0.2, -0.15) is 0 Å². The molecule has 2 amide bonds. The zero-order valence-electron chi connectivity index (χ0n) is 12.0. The maximum atomic E-state index is 12.8. The van der Waals surface area contributed by atoms with Crippen LogP contribution in [0.5, 0.6) is 0 Å². The van der Waals surface area contributed by atoms with Gasteiger partial charge in [0.15, 0.2) is 0 Å². The van der Waals surface area contributed by atoms with Crippen LogP contribution >= 0.6 is 0 Å². The Morgan fingerprint density at radius 2 is 1.77 bits per heavy atom. The lowest BCUT2D eigenvalue weighted by atomic mass is 10.2. The van der Waals surface area contributed by atoms with Crippen molar-refractivity contribution >= 4 is 23.2 Å². The summed E-state index contributed by atoms with van der Waals surface area (Å²) >= 11 is 0. The topological polar surface area (TPSA) is 70.2 Å². The molecule has 22 heavy (non-hydrogen) atoms. The van der Waals surface area contributed by atoms with Gasteiger partial charge in [0.05, 0.1) is 6.54 Å². The van der Waals surface area contributed by atoms with Crippen LogP contribution in [0, 0.1) is 5.82 Å². The normalized spacial score (nSPS) is 9.91. The highest BCUT2D eigenvalue weighted by atomic mass is 19.1. The number of anilines is 2. The second-order valence-corrected chi connectivity index (χ2v) is 4.57. The standard InChI is InChI=1S/C16H16FN3O2/c1-18-16(22)11-3-2-4-14(9-11)20-15(21)10-19-13-7-5-12(17)6-8-13/h2-9,19H,10H2,1H3,(H,18,22)(H,20,21). The van der Waals surface area contributed by atoms with Crippen LogP contribution in [-0.2, 0) is 4.79 Å². The minimum Gasteiger partial charge on any atom is -0.376 e. The summed E-state index contributed by atoms with van der Waals surface area (Å²) in [7, 11) is 1.54. The SMILES string of the molecule is CNC(=O)c1cccc(NC(=O)CNc2ccc(F)cc2)c1. The fraction of sp³-hybridized carbons (Fsp3) is 0.125. The van der Waals surface area contributed by atoms with Crippen LogP contribution in [0.15, 0.2) is 48.5 Å². The molecule has 114 valence electrons. The number of carbonyl (C=O) groups is 2. The van der Waals surface area contributed by atoms with Gasteiger partial charge in [0.2, 0.25) is 5.91 Å². The van der Waals surface area contributed by atoms with Crippen molar-refractivity contribution in [2.75, 3.05) is 24.2 Å². The van der Waals surface area contributed by atoms with Gasteiger partial charge in [-0.3, -0.25) is 9.59 Å². The second-order valence-electron chi connectivity index (χ2n) is 4.57. The van der Waals surface area contributed by atoms with E-state index in [1.165, 1.54) is 12.1 Å². The van der Waals surface area contributed by atoms with E-state index in [1.54, 1.807) is 43.4 Å². The Bertz CT molecular complexity index is 671. The number of hydrogen-bond acceptors (Lipinski definition) is 3. The molecule has 0 atom stereocenters. The van der Waals surface area contributed by atoms with E-state index >= 15 is 0 Å². The van der Waals surface area contributed by atoms with E-state index in [2.05, 4.69) is 16.0 Å². The average molecular weight is 301 g/mol. The minimum atomic E-state index is -0.332. The number of hydrogen-bond donors (Lipinski definition) is 3. The lowest BCUT2D eigenvalue weighted by Crippen LogP contribution is -2.22. The zero-order chi connectivity index (χ0) is 15.9. The van der Waals surface area contributed by atoms with Gasteiger partial charge in [-0.25, -0.2) is 4.39 Å². The summed E-state index contributed by atoms with van der Waals surface area (Å²) in [5, 5.41) is 8.09. The quantitative estimate of drug-likeness (QED) is 0.793. The molecule has 2 aromatic rings. The van der Waals surface area contributed by atoms with Crippen molar-refractivity contribution in [1.82, 2.24) is 5.32 Å². The largest absolute Gasteiger partial charge is 0.376 e. The lowest BCUT2D eigenvalue weighted by Gasteiger charge is -2.09. The van der Waals surface area contributed by atoms with Crippen molar-refractivity contribution in [2.45, 2.75) is 0 Å². The van der Waals surface area contributed by atoms with E-state index in [9.17, 15) is 14.0 Å². The summed E-state index contributed by atoms with van der Waals surface area (Å²) < 4.78 is 12.8. The highest BCUT2D eigenvalue weighted by molar-refractivity contribution is 5.97. The molecule has 5 nitrogen and oxygen atoms in total. The van der Waals surface area contributed by atoms with Crippen molar-refractivity contribution in [1.29, 1.82) is 0 Å². The predicted octanol–water partition coefficient (Wildman–Crippen LogP) is 2.24. The summed E-state index contributed by atoms with van der Waals surface area (Å²) in [5.41, 5.74) is 1.65. The van der Waals surface area contributed by atoms with Gasteiger partial charge in [0.1, 0.15) is 5.82 Å². The Labute approximate surface area is 127 Å². The zero-order valence-corrected chi connectivity index (χ0v) is 12.0. The maximum absolute atomic E-state index is 12.8. The smallest absolute Gasteiger partial charge is 0.251 e. The van der Waals surface area contributed by atoms with E-state index in [1.807, 2.05) is 0 Å². The van der Waals surface area contributed by atoms with Gasteiger partial charge >= 0.3 is 0 Å². The van der Waals surface area contributed by atoms with Crippen LogP contribution in [0.25, 0.3) is 0 Å². The molecule has 2 rings (SSSR count). The number of nitrogens with one attached hydrogen (secondary N) is 3. The molecule has 0 saturated carbocycles. The molecule has 2 aromatic carbocycles.